The Morgan fingerprint density at radius 2 is 2.11 bits per heavy atom. The number of benzene rings is 1. The summed E-state index contributed by atoms with van der Waals surface area (Å²) in [6.45, 7) is 1.36. The highest BCUT2D eigenvalue weighted by Crippen LogP contribution is 2.26. The maximum Gasteiger partial charge on any atom is 0.244 e. The van der Waals surface area contributed by atoms with Crippen LogP contribution in [-0.2, 0) is 10.0 Å². The predicted octanol–water partition coefficient (Wildman–Crippen LogP) is 2.17. The minimum Gasteiger partial charge on any atom is -0.210 e. The second-order valence-corrected chi connectivity index (χ2v) is 6.14. The standard InChI is InChI=1S/C10H9BrF2N2O2S/c1-6(4-14)5-15-18(16,17)10-8(11)2-7(12)3-9(10)13/h2-3,6,15H,5H2,1H3. The third-order valence-corrected chi connectivity index (χ3v) is 4.42. The lowest BCUT2D eigenvalue weighted by atomic mass is 10.2. The quantitative estimate of drug-likeness (QED) is 0.914. The molecule has 4 nitrogen and oxygen atoms in total. The van der Waals surface area contributed by atoms with Crippen LogP contribution in [0.25, 0.3) is 0 Å². The number of halogens is 3. The molecule has 0 spiro atoms. The van der Waals surface area contributed by atoms with Gasteiger partial charge in [0.1, 0.15) is 16.5 Å². The van der Waals surface area contributed by atoms with E-state index < -0.39 is 32.5 Å². The smallest absolute Gasteiger partial charge is 0.210 e. The molecule has 1 aromatic rings. The Morgan fingerprint density at radius 3 is 2.61 bits per heavy atom. The van der Waals surface area contributed by atoms with E-state index in [4.69, 9.17) is 5.26 Å². The molecule has 0 aromatic heterocycles. The summed E-state index contributed by atoms with van der Waals surface area (Å²) in [7, 11) is -4.13. The third-order valence-electron chi connectivity index (χ3n) is 2.03. The van der Waals surface area contributed by atoms with Gasteiger partial charge in [0.05, 0.1) is 12.0 Å². The van der Waals surface area contributed by atoms with Crippen LogP contribution in [0.1, 0.15) is 6.92 Å². The van der Waals surface area contributed by atoms with Crippen LogP contribution < -0.4 is 4.72 Å². The first-order valence-electron chi connectivity index (χ1n) is 4.81. The first kappa shape index (κ1) is 15.0. The van der Waals surface area contributed by atoms with Crippen LogP contribution in [0.15, 0.2) is 21.5 Å². The Morgan fingerprint density at radius 1 is 1.50 bits per heavy atom. The molecule has 0 aliphatic heterocycles. The van der Waals surface area contributed by atoms with Crippen LogP contribution in [-0.4, -0.2) is 15.0 Å². The molecule has 1 N–H and O–H groups in total. The summed E-state index contributed by atoms with van der Waals surface area (Å²) in [6.07, 6.45) is 0. The van der Waals surface area contributed by atoms with Gasteiger partial charge < -0.3 is 0 Å². The van der Waals surface area contributed by atoms with Gasteiger partial charge in [-0.15, -0.1) is 0 Å². The highest BCUT2D eigenvalue weighted by molar-refractivity contribution is 9.10. The normalized spacial score (nSPS) is 13.1. The van der Waals surface area contributed by atoms with Crippen molar-refractivity contribution >= 4 is 26.0 Å². The van der Waals surface area contributed by atoms with Crippen LogP contribution in [0.4, 0.5) is 8.78 Å². The van der Waals surface area contributed by atoms with E-state index in [1.165, 1.54) is 6.92 Å². The SMILES string of the molecule is CC(C#N)CNS(=O)(=O)c1c(F)cc(F)cc1Br. The molecule has 18 heavy (non-hydrogen) atoms. The van der Waals surface area contributed by atoms with Crippen LogP contribution in [0.3, 0.4) is 0 Å². The number of nitrogens with zero attached hydrogens (tertiary/aromatic N) is 1. The van der Waals surface area contributed by atoms with Crippen molar-refractivity contribution in [3.63, 3.8) is 0 Å². The molecule has 0 amide bonds. The van der Waals surface area contributed by atoms with Gasteiger partial charge in [-0.25, -0.2) is 21.9 Å². The zero-order valence-electron chi connectivity index (χ0n) is 9.25. The molecule has 98 valence electrons. The van der Waals surface area contributed by atoms with Crippen molar-refractivity contribution in [3.05, 3.63) is 28.2 Å². The monoisotopic (exact) mass is 338 g/mol. The van der Waals surface area contributed by atoms with Crippen LogP contribution in [0.2, 0.25) is 0 Å². The van der Waals surface area contributed by atoms with E-state index in [2.05, 4.69) is 20.7 Å². The maximum atomic E-state index is 13.5. The minimum atomic E-state index is -4.13. The van der Waals surface area contributed by atoms with Crippen LogP contribution >= 0.6 is 15.9 Å². The molecule has 1 rings (SSSR count). The van der Waals surface area contributed by atoms with E-state index in [1.807, 2.05) is 6.07 Å². The van der Waals surface area contributed by atoms with Crippen molar-refractivity contribution in [2.45, 2.75) is 11.8 Å². The number of hydrogen-bond acceptors (Lipinski definition) is 3. The van der Waals surface area contributed by atoms with Gasteiger partial charge in [-0.05, 0) is 28.9 Å². The lowest BCUT2D eigenvalue weighted by Gasteiger charge is -2.10. The summed E-state index contributed by atoms with van der Waals surface area (Å²) in [5.74, 6) is -2.63. The van der Waals surface area contributed by atoms with Crippen LogP contribution in [0, 0.1) is 28.9 Å². The highest BCUT2D eigenvalue weighted by atomic mass is 79.9. The summed E-state index contributed by atoms with van der Waals surface area (Å²) >= 11 is 2.79. The summed E-state index contributed by atoms with van der Waals surface area (Å²) in [4.78, 5) is -0.672. The Kier molecular flexibility index (Phi) is 4.78. The van der Waals surface area contributed by atoms with Gasteiger partial charge in [-0.1, -0.05) is 0 Å². The van der Waals surface area contributed by atoms with Crippen molar-refractivity contribution < 1.29 is 17.2 Å². The molecule has 0 aliphatic carbocycles. The first-order chi connectivity index (χ1) is 8.27. The lowest BCUT2D eigenvalue weighted by Crippen LogP contribution is -2.29. The molecule has 0 aliphatic rings. The van der Waals surface area contributed by atoms with E-state index in [0.717, 1.165) is 6.07 Å². The lowest BCUT2D eigenvalue weighted by molar-refractivity contribution is 0.537. The molecule has 1 unspecified atom stereocenters. The summed E-state index contributed by atoms with van der Waals surface area (Å²) in [6, 6.07) is 3.17. The fourth-order valence-corrected chi connectivity index (χ4v) is 3.43. The molecule has 0 bridgehead atoms. The molecule has 0 saturated heterocycles. The number of sulfonamides is 1. The van der Waals surface area contributed by atoms with E-state index in [0.29, 0.717) is 6.07 Å². The van der Waals surface area contributed by atoms with E-state index in [-0.39, 0.29) is 11.0 Å². The van der Waals surface area contributed by atoms with Crippen molar-refractivity contribution in [1.82, 2.24) is 4.72 Å². The van der Waals surface area contributed by atoms with Crippen molar-refractivity contribution in [2.24, 2.45) is 5.92 Å². The third kappa shape index (κ3) is 3.48. The maximum absolute atomic E-state index is 13.5. The van der Waals surface area contributed by atoms with Gasteiger partial charge in [-0.2, -0.15) is 5.26 Å². The largest absolute Gasteiger partial charge is 0.244 e. The molecule has 0 radical (unpaired) electrons. The summed E-state index contributed by atoms with van der Waals surface area (Å²) in [5.41, 5.74) is 0. The number of nitrogens with one attached hydrogen (secondary N) is 1. The molecular weight excluding hydrogens is 330 g/mol. The van der Waals surface area contributed by atoms with E-state index in [1.54, 1.807) is 0 Å². The summed E-state index contributed by atoms with van der Waals surface area (Å²) < 4.78 is 51.8. The Balaban J connectivity index is 3.11. The van der Waals surface area contributed by atoms with Crippen molar-refractivity contribution in [2.75, 3.05) is 6.54 Å². The van der Waals surface area contributed by atoms with Gasteiger partial charge in [0.2, 0.25) is 10.0 Å². The highest BCUT2D eigenvalue weighted by Gasteiger charge is 2.23. The number of hydrogen-bond donors (Lipinski definition) is 1. The van der Waals surface area contributed by atoms with E-state index >= 15 is 0 Å². The Hall–Kier alpha value is -1.04. The molecule has 1 atom stereocenters. The first-order valence-corrected chi connectivity index (χ1v) is 7.09. The predicted molar refractivity (Wildman–Crippen MR) is 64.0 cm³/mol. The fourth-order valence-electron chi connectivity index (χ4n) is 1.14. The molecule has 8 heteroatoms. The van der Waals surface area contributed by atoms with E-state index in [9.17, 15) is 17.2 Å². The van der Waals surface area contributed by atoms with Crippen LogP contribution in [0.5, 0.6) is 0 Å². The zero-order chi connectivity index (χ0) is 13.9. The molecule has 1 aromatic carbocycles. The average Bonchev–Trinajstić information content (AvgIpc) is 2.24. The van der Waals surface area contributed by atoms with Gasteiger partial charge in [0, 0.05) is 17.1 Å². The van der Waals surface area contributed by atoms with Gasteiger partial charge in [0.25, 0.3) is 0 Å². The second-order valence-electron chi connectivity index (χ2n) is 3.58. The minimum absolute atomic E-state index is 0.151. The second kappa shape index (κ2) is 5.73. The van der Waals surface area contributed by atoms with Gasteiger partial charge in [-0.3, -0.25) is 0 Å². The number of rotatable bonds is 4. The zero-order valence-corrected chi connectivity index (χ0v) is 11.6. The molecule has 0 fully saturated rings. The Bertz CT molecular complexity index is 575. The summed E-state index contributed by atoms with van der Waals surface area (Å²) in [5, 5.41) is 8.53. The van der Waals surface area contributed by atoms with Crippen molar-refractivity contribution in [3.8, 4) is 6.07 Å². The molecule has 0 saturated carbocycles. The molecular formula is C10H9BrF2N2O2S. The average molecular weight is 339 g/mol. The van der Waals surface area contributed by atoms with Gasteiger partial charge in [0.15, 0.2) is 0 Å². The fraction of sp³-hybridized carbons (Fsp3) is 0.300. The Labute approximate surface area is 112 Å². The number of nitriles is 1. The molecule has 0 heterocycles. The van der Waals surface area contributed by atoms with Gasteiger partial charge >= 0.3 is 0 Å². The topological polar surface area (TPSA) is 70.0 Å². The van der Waals surface area contributed by atoms with Crippen molar-refractivity contribution in [1.29, 1.82) is 5.26 Å².